The maximum atomic E-state index is 10.8. The second-order valence-electron chi connectivity index (χ2n) is 2.34. The number of amides is 1. The number of thioether (sulfide) groups is 1. The molecular formula is C6H10KNO3S. The minimum absolute atomic E-state index is 0. The van der Waals surface area contributed by atoms with Crippen LogP contribution in [0.2, 0.25) is 0 Å². The topological polar surface area (TPSA) is 57.6 Å². The molecule has 1 amide bonds. The maximum Gasteiger partial charge on any atom is 1.00 e. The van der Waals surface area contributed by atoms with Gasteiger partial charge in [0.1, 0.15) is 6.04 Å². The second kappa shape index (κ2) is 5.61. The summed E-state index contributed by atoms with van der Waals surface area (Å²) in [7, 11) is 0. The first-order valence-corrected chi connectivity index (χ1v) is 4.36. The molecule has 0 aromatic heterocycles. The predicted molar refractivity (Wildman–Crippen MR) is 42.4 cm³/mol. The van der Waals surface area contributed by atoms with Crippen molar-refractivity contribution >= 4 is 23.6 Å². The Hall–Kier alpha value is 0.926. The van der Waals surface area contributed by atoms with E-state index in [2.05, 4.69) is 0 Å². The number of carboxylic acids is 1. The average molecular weight is 215 g/mol. The number of hydrogen-bond acceptors (Lipinski definition) is 3. The Morgan fingerprint density at radius 1 is 1.67 bits per heavy atom. The van der Waals surface area contributed by atoms with Crippen molar-refractivity contribution in [3.63, 3.8) is 0 Å². The van der Waals surface area contributed by atoms with Gasteiger partial charge in [0.2, 0.25) is 5.91 Å². The van der Waals surface area contributed by atoms with Crippen LogP contribution >= 0.6 is 11.8 Å². The summed E-state index contributed by atoms with van der Waals surface area (Å²) in [5.41, 5.74) is 0. The van der Waals surface area contributed by atoms with Crippen molar-refractivity contribution in [2.75, 3.05) is 11.6 Å². The second-order valence-corrected chi connectivity index (χ2v) is 3.34. The van der Waals surface area contributed by atoms with E-state index in [1.807, 2.05) is 0 Å². The van der Waals surface area contributed by atoms with Crippen LogP contribution in [0.1, 0.15) is 8.35 Å². The van der Waals surface area contributed by atoms with E-state index in [0.29, 0.717) is 11.6 Å². The average Bonchev–Trinajstić information content (AvgIpc) is 2.32. The summed E-state index contributed by atoms with van der Waals surface area (Å²) in [4.78, 5) is 22.7. The minimum Gasteiger partial charge on any atom is -1.00 e. The monoisotopic (exact) mass is 215 g/mol. The van der Waals surface area contributed by atoms with E-state index in [0.717, 1.165) is 0 Å². The zero-order chi connectivity index (χ0) is 8.43. The number of carbonyl (C=O) groups is 2. The van der Waals surface area contributed by atoms with Gasteiger partial charge in [-0.25, -0.2) is 4.79 Å². The molecule has 0 spiro atoms. The largest absolute Gasteiger partial charge is 1.00 e. The smallest absolute Gasteiger partial charge is 1.00 e. The quantitative estimate of drug-likeness (QED) is 0.477. The molecule has 4 nitrogen and oxygen atoms in total. The van der Waals surface area contributed by atoms with Crippen molar-refractivity contribution in [3.05, 3.63) is 0 Å². The number of hydrogen-bond donors (Lipinski definition) is 1. The molecule has 1 saturated heterocycles. The van der Waals surface area contributed by atoms with E-state index in [-0.39, 0.29) is 58.7 Å². The molecule has 0 aromatic carbocycles. The normalized spacial score (nSPS) is 21.8. The summed E-state index contributed by atoms with van der Waals surface area (Å²) < 4.78 is 0. The number of carboxylic acid groups (broad SMARTS) is 1. The molecule has 0 bridgehead atoms. The molecule has 1 unspecified atom stereocenters. The number of nitrogens with zero attached hydrogens (tertiary/aromatic N) is 1. The maximum absolute atomic E-state index is 10.8. The molecule has 64 valence electrons. The van der Waals surface area contributed by atoms with Gasteiger partial charge in [0, 0.05) is 12.7 Å². The van der Waals surface area contributed by atoms with Crippen molar-refractivity contribution in [2.45, 2.75) is 13.0 Å². The fourth-order valence-corrected chi connectivity index (χ4v) is 2.17. The number of rotatable bonds is 1. The SMILES string of the molecule is CC(=O)N1CSCC1C(=O)O.[H-].[K+]. The molecule has 1 aliphatic rings. The van der Waals surface area contributed by atoms with E-state index in [1.165, 1.54) is 23.6 Å². The Balaban J connectivity index is 0. The van der Waals surface area contributed by atoms with Crippen LogP contribution in [-0.2, 0) is 9.59 Å². The fourth-order valence-electron chi connectivity index (χ4n) is 0.958. The zero-order valence-electron chi connectivity index (χ0n) is 8.11. The molecule has 1 rings (SSSR count). The summed E-state index contributed by atoms with van der Waals surface area (Å²) in [6, 6.07) is -0.613. The Morgan fingerprint density at radius 3 is 2.58 bits per heavy atom. The van der Waals surface area contributed by atoms with Gasteiger partial charge in [0.15, 0.2) is 0 Å². The van der Waals surface area contributed by atoms with Crippen LogP contribution in [0, 0.1) is 0 Å². The van der Waals surface area contributed by atoms with Gasteiger partial charge in [-0.05, 0) is 0 Å². The van der Waals surface area contributed by atoms with Gasteiger partial charge < -0.3 is 11.4 Å². The first-order chi connectivity index (χ1) is 5.13. The number of carbonyl (C=O) groups excluding carboxylic acids is 1. The third-order valence-electron chi connectivity index (χ3n) is 1.57. The summed E-state index contributed by atoms with van der Waals surface area (Å²) in [5.74, 6) is -0.0612. The zero-order valence-corrected chi connectivity index (χ0v) is 11.1. The predicted octanol–water partition coefficient (Wildman–Crippen LogP) is -2.89. The molecule has 1 atom stereocenters. The van der Waals surface area contributed by atoms with Gasteiger partial charge in [0.25, 0.3) is 0 Å². The molecule has 1 fully saturated rings. The van der Waals surface area contributed by atoms with Crippen molar-refractivity contribution in [2.24, 2.45) is 0 Å². The van der Waals surface area contributed by atoms with Crippen LogP contribution in [0.15, 0.2) is 0 Å². The van der Waals surface area contributed by atoms with E-state index in [9.17, 15) is 9.59 Å². The first kappa shape index (κ1) is 12.9. The van der Waals surface area contributed by atoms with Gasteiger partial charge in [-0.3, -0.25) is 4.79 Å². The number of aliphatic carboxylic acids is 1. The van der Waals surface area contributed by atoms with Crippen LogP contribution in [-0.4, -0.2) is 39.6 Å². The van der Waals surface area contributed by atoms with E-state index < -0.39 is 12.0 Å². The van der Waals surface area contributed by atoms with Crippen LogP contribution in [0.4, 0.5) is 0 Å². The molecular weight excluding hydrogens is 205 g/mol. The third-order valence-corrected chi connectivity index (χ3v) is 2.58. The Morgan fingerprint density at radius 2 is 2.25 bits per heavy atom. The van der Waals surface area contributed by atoms with Crippen LogP contribution in [0.25, 0.3) is 0 Å². The standard InChI is InChI=1S/C6H9NO3S.K.H/c1-4(8)7-3-11-2-5(7)6(9)10;;/h5H,2-3H2,1H3,(H,9,10);;/q;+1;-1. The molecule has 1 aliphatic heterocycles. The Labute approximate surface area is 119 Å². The van der Waals surface area contributed by atoms with Crippen LogP contribution in [0.3, 0.4) is 0 Å². The summed E-state index contributed by atoms with van der Waals surface area (Å²) in [6.45, 7) is 1.39. The van der Waals surface area contributed by atoms with E-state index in [1.54, 1.807) is 0 Å². The molecule has 1 heterocycles. The molecule has 1 N–H and O–H groups in total. The molecule has 0 aromatic rings. The van der Waals surface area contributed by atoms with Crippen molar-refractivity contribution < 1.29 is 67.5 Å². The minimum atomic E-state index is -0.912. The van der Waals surface area contributed by atoms with Gasteiger partial charge >= 0.3 is 57.4 Å². The van der Waals surface area contributed by atoms with Gasteiger partial charge in [-0.2, -0.15) is 0 Å². The van der Waals surface area contributed by atoms with Crippen molar-refractivity contribution in [3.8, 4) is 0 Å². The molecule has 6 heteroatoms. The Bertz CT molecular complexity index is 184. The molecule has 0 radical (unpaired) electrons. The third kappa shape index (κ3) is 3.01. The van der Waals surface area contributed by atoms with Crippen LogP contribution in [0.5, 0.6) is 0 Å². The molecule has 0 saturated carbocycles. The summed E-state index contributed by atoms with van der Waals surface area (Å²) in [5, 5.41) is 8.63. The van der Waals surface area contributed by atoms with Gasteiger partial charge in [-0.1, -0.05) is 0 Å². The van der Waals surface area contributed by atoms with Gasteiger partial charge in [-0.15, -0.1) is 11.8 Å². The van der Waals surface area contributed by atoms with Gasteiger partial charge in [0.05, 0.1) is 5.88 Å². The summed E-state index contributed by atoms with van der Waals surface area (Å²) in [6.07, 6.45) is 0. The van der Waals surface area contributed by atoms with Crippen molar-refractivity contribution in [1.82, 2.24) is 4.90 Å². The Kier molecular flexibility index (Phi) is 6.05. The van der Waals surface area contributed by atoms with Crippen molar-refractivity contribution in [1.29, 1.82) is 0 Å². The summed E-state index contributed by atoms with van der Waals surface area (Å²) >= 11 is 1.47. The molecule has 12 heavy (non-hydrogen) atoms. The first-order valence-electron chi connectivity index (χ1n) is 3.20. The van der Waals surface area contributed by atoms with E-state index in [4.69, 9.17) is 5.11 Å². The van der Waals surface area contributed by atoms with E-state index >= 15 is 0 Å². The van der Waals surface area contributed by atoms with Crippen LogP contribution < -0.4 is 51.4 Å². The fraction of sp³-hybridized carbons (Fsp3) is 0.667. The molecule has 0 aliphatic carbocycles.